The van der Waals surface area contributed by atoms with Crippen LogP contribution >= 0.6 is 0 Å². The van der Waals surface area contributed by atoms with Gasteiger partial charge in [-0.25, -0.2) is 0 Å². The Morgan fingerprint density at radius 3 is 1.40 bits per heavy atom. The number of hydrogen-bond acceptors (Lipinski definition) is 1. The molecule has 1 saturated carbocycles. The second-order valence-electron chi connectivity index (χ2n) is 14.6. The van der Waals surface area contributed by atoms with Crippen LogP contribution in [0, 0.1) is 11.8 Å². The zero-order chi connectivity index (χ0) is 30.9. The molecule has 40 heavy (non-hydrogen) atoms. The van der Waals surface area contributed by atoms with Crippen LogP contribution in [0.15, 0.2) is 4.99 Å². The van der Waals surface area contributed by atoms with Crippen LogP contribution in [0.1, 0.15) is 136 Å². The standard InChI is InChI=1S/C34H70N6/c1-23(2)37(24(3)4)33(38(25(5)6)26(7)8)35-21-31-18-17-19-32(20-31)22-36-34(39(27(9)10)28(11)12)40(29(13)14)30(15)16/h23-32H,17-22H2,1-16H3/p+1. The van der Waals surface area contributed by atoms with Crippen molar-refractivity contribution in [3.8, 4) is 0 Å². The van der Waals surface area contributed by atoms with Crippen LogP contribution in [-0.2, 0) is 0 Å². The van der Waals surface area contributed by atoms with Crippen molar-refractivity contribution in [3.63, 3.8) is 0 Å². The average Bonchev–Trinajstić information content (AvgIpc) is 2.79. The monoisotopic (exact) mass is 564 g/mol. The van der Waals surface area contributed by atoms with Crippen molar-refractivity contribution >= 4 is 11.9 Å². The molecule has 0 bridgehead atoms. The lowest BCUT2D eigenvalue weighted by atomic mass is 9.81. The van der Waals surface area contributed by atoms with Crippen molar-refractivity contribution in [2.75, 3.05) is 13.1 Å². The number of aliphatic imine (C=N–C) groups is 1. The fraction of sp³-hybridized carbons (Fsp3) is 0.941. The Morgan fingerprint density at radius 2 is 1.02 bits per heavy atom. The number of rotatable bonds is 12. The van der Waals surface area contributed by atoms with Gasteiger partial charge in [-0.3, -0.25) is 19.8 Å². The van der Waals surface area contributed by atoms with Gasteiger partial charge in [0.1, 0.15) is 0 Å². The molecule has 1 fully saturated rings. The van der Waals surface area contributed by atoms with Crippen molar-refractivity contribution in [2.24, 2.45) is 16.8 Å². The van der Waals surface area contributed by atoms with E-state index in [0.717, 1.165) is 13.1 Å². The first-order chi connectivity index (χ1) is 18.5. The molecule has 0 aromatic carbocycles. The quantitative estimate of drug-likeness (QED) is 0.154. The van der Waals surface area contributed by atoms with E-state index >= 15 is 0 Å². The lowest BCUT2D eigenvalue weighted by molar-refractivity contribution is -0.594. The molecule has 0 amide bonds. The van der Waals surface area contributed by atoms with Gasteiger partial charge in [0, 0.05) is 30.7 Å². The van der Waals surface area contributed by atoms with Crippen LogP contribution < -0.4 is 5.32 Å². The van der Waals surface area contributed by atoms with Gasteiger partial charge in [0.25, 0.3) is 0 Å². The zero-order valence-corrected chi connectivity index (χ0v) is 29.8. The Balaban J connectivity index is 3.22. The summed E-state index contributed by atoms with van der Waals surface area (Å²) in [6, 6.07) is 3.48. The summed E-state index contributed by atoms with van der Waals surface area (Å²) in [5.41, 5.74) is 0. The smallest absolute Gasteiger partial charge is 0.338 e. The molecule has 1 N–H and O–H groups in total. The molecular formula is C34H71N6+. The highest BCUT2D eigenvalue weighted by Crippen LogP contribution is 2.29. The van der Waals surface area contributed by atoms with Crippen molar-refractivity contribution in [3.05, 3.63) is 0 Å². The summed E-state index contributed by atoms with van der Waals surface area (Å²) in [5, 5.41) is 4.01. The van der Waals surface area contributed by atoms with Gasteiger partial charge in [-0.1, -0.05) is 6.42 Å². The minimum absolute atomic E-state index is 0.422. The highest BCUT2D eigenvalue weighted by Gasteiger charge is 2.33. The predicted octanol–water partition coefficient (Wildman–Crippen LogP) is 7.28. The van der Waals surface area contributed by atoms with Gasteiger partial charge in [-0.05, 0) is 142 Å². The second-order valence-corrected chi connectivity index (χ2v) is 14.6. The first-order valence-corrected chi connectivity index (χ1v) is 16.8. The first kappa shape index (κ1) is 36.6. The lowest BCUT2D eigenvalue weighted by Gasteiger charge is -2.43. The van der Waals surface area contributed by atoms with Gasteiger partial charge in [-0.15, -0.1) is 0 Å². The third-order valence-electron chi connectivity index (χ3n) is 8.33. The SMILES string of the molecule is CC(C)N(C(=NCC1CCCC(CNC(N(C(C)C)C(C)C)=[N+](C(C)C)C(C)C)C1)N(C(C)C)C(C)C)C(C)C. The Hall–Kier alpha value is -1.46. The Morgan fingerprint density at radius 1 is 0.625 bits per heavy atom. The van der Waals surface area contributed by atoms with Crippen LogP contribution in [0.5, 0.6) is 0 Å². The number of guanidine groups is 2. The molecule has 1 aliphatic carbocycles. The maximum Gasteiger partial charge on any atom is 0.348 e. The molecule has 0 spiro atoms. The van der Waals surface area contributed by atoms with Crippen LogP contribution in [0.2, 0.25) is 0 Å². The second kappa shape index (κ2) is 16.9. The summed E-state index contributed by atoms with van der Waals surface area (Å²) >= 11 is 0. The van der Waals surface area contributed by atoms with Crippen molar-refractivity contribution in [1.29, 1.82) is 0 Å². The molecule has 6 nitrogen and oxygen atoms in total. The molecule has 0 aromatic rings. The van der Waals surface area contributed by atoms with Gasteiger partial charge >= 0.3 is 5.96 Å². The molecule has 0 aromatic heterocycles. The topological polar surface area (TPSA) is 37.1 Å². The van der Waals surface area contributed by atoms with E-state index in [9.17, 15) is 0 Å². The fourth-order valence-corrected chi connectivity index (χ4v) is 7.10. The average molecular weight is 564 g/mol. The van der Waals surface area contributed by atoms with Crippen LogP contribution in [0.4, 0.5) is 0 Å². The lowest BCUT2D eigenvalue weighted by Crippen LogP contribution is -2.56. The molecule has 0 saturated heterocycles. The van der Waals surface area contributed by atoms with Gasteiger partial charge in [0.05, 0.1) is 30.7 Å². The van der Waals surface area contributed by atoms with Gasteiger partial charge in [0.2, 0.25) is 0 Å². The molecular weight excluding hydrogens is 492 g/mol. The molecule has 1 aliphatic rings. The zero-order valence-electron chi connectivity index (χ0n) is 29.8. The molecule has 6 heteroatoms. The van der Waals surface area contributed by atoms with Gasteiger partial charge in [-0.2, -0.15) is 0 Å². The molecule has 0 aliphatic heterocycles. The van der Waals surface area contributed by atoms with E-state index in [1.165, 1.54) is 37.6 Å². The largest absolute Gasteiger partial charge is 0.348 e. The molecule has 1 rings (SSSR count). The van der Waals surface area contributed by atoms with Crippen molar-refractivity contribution in [1.82, 2.24) is 20.0 Å². The maximum atomic E-state index is 5.44. The predicted molar refractivity (Wildman–Crippen MR) is 178 cm³/mol. The Kier molecular flexibility index (Phi) is 15.4. The summed E-state index contributed by atoms with van der Waals surface area (Å²) in [4.78, 5) is 13.1. The van der Waals surface area contributed by atoms with Crippen LogP contribution in [0.25, 0.3) is 0 Å². The third-order valence-corrected chi connectivity index (χ3v) is 8.33. The normalized spacial score (nSPS) is 18.1. The van der Waals surface area contributed by atoms with Crippen LogP contribution in [-0.4, -0.2) is 92.6 Å². The van der Waals surface area contributed by atoms with E-state index < -0.39 is 0 Å². The van der Waals surface area contributed by atoms with E-state index in [1.54, 1.807) is 0 Å². The molecule has 0 heterocycles. The Labute approximate surface area is 251 Å². The van der Waals surface area contributed by atoms with Crippen LogP contribution in [0.3, 0.4) is 0 Å². The number of hydrogen-bond donors (Lipinski definition) is 1. The van der Waals surface area contributed by atoms with E-state index in [2.05, 4.69) is 135 Å². The molecule has 0 radical (unpaired) electrons. The molecule has 2 unspecified atom stereocenters. The minimum atomic E-state index is 0.422. The summed E-state index contributed by atoms with van der Waals surface area (Å²) in [6.07, 6.45) is 5.18. The highest BCUT2D eigenvalue weighted by atomic mass is 15.4. The summed E-state index contributed by atoms with van der Waals surface area (Å²) in [6.45, 7) is 39.0. The Bertz CT molecular complexity index is 721. The first-order valence-electron chi connectivity index (χ1n) is 16.8. The van der Waals surface area contributed by atoms with E-state index in [0.29, 0.717) is 60.2 Å². The maximum absolute atomic E-state index is 5.44. The molecule has 236 valence electrons. The number of nitrogens with one attached hydrogen (secondary N) is 1. The minimum Gasteiger partial charge on any atom is -0.338 e. The third kappa shape index (κ3) is 10.4. The van der Waals surface area contributed by atoms with E-state index in [-0.39, 0.29) is 0 Å². The highest BCUT2D eigenvalue weighted by molar-refractivity contribution is 5.81. The number of nitrogens with zero attached hydrogens (tertiary/aromatic N) is 5. The fourth-order valence-electron chi connectivity index (χ4n) is 7.10. The van der Waals surface area contributed by atoms with E-state index in [4.69, 9.17) is 4.99 Å². The van der Waals surface area contributed by atoms with E-state index in [1.807, 2.05) is 0 Å². The molecule has 2 atom stereocenters. The van der Waals surface area contributed by atoms with Crippen molar-refractivity contribution in [2.45, 2.75) is 185 Å². The van der Waals surface area contributed by atoms with Gasteiger partial charge < -0.3 is 9.80 Å². The summed E-state index contributed by atoms with van der Waals surface area (Å²) < 4.78 is 2.58. The summed E-state index contributed by atoms with van der Waals surface area (Å²) in [7, 11) is 0. The summed E-state index contributed by atoms with van der Waals surface area (Å²) in [5.74, 6) is 3.85. The van der Waals surface area contributed by atoms with Crippen molar-refractivity contribution < 1.29 is 4.58 Å². The van der Waals surface area contributed by atoms with Gasteiger partial charge in [0.15, 0.2) is 5.96 Å².